The summed E-state index contributed by atoms with van der Waals surface area (Å²) in [7, 11) is 3.16. The fourth-order valence-corrected chi connectivity index (χ4v) is 4.30. The van der Waals surface area contributed by atoms with E-state index < -0.39 is 34.3 Å². The van der Waals surface area contributed by atoms with Crippen LogP contribution in [-0.2, 0) is 29.5 Å². The maximum Gasteiger partial charge on any atom is 0.339 e. The van der Waals surface area contributed by atoms with Crippen LogP contribution in [0.2, 0.25) is 0 Å². The summed E-state index contributed by atoms with van der Waals surface area (Å²) in [5.41, 5.74) is 6.26. The summed E-state index contributed by atoms with van der Waals surface area (Å²) in [6, 6.07) is 24.4. The molecule has 0 aliphatic heterocycles. The lowest BCUT2D eigenvalue weighted by Crippen LogP contribution is -2.42. The van der Waals surface area contributed by atoms with Gasteiger partial charge in [-0.25, -0.2) is 4.79 Å². The van der Waals surface area contributed by atoms with Gasteiger partial charge in [0.25, 0.3) is 0 Å². The van der Waals surface area contributed by atoms with Gasteiger partial charge in [-0.2, -0.15) is 0 Å². The third-order valence-corrected chi connectivity index (χ3v) is 6.60. The highest BCUT2D eigenvalue weighted by Gasteiger charge is 2.39. The topological polar surface area (TPSA) is 126 Å². The number of carbonyl (C=O) groups excluding carboxylic acids is 3. The van der Waals surface area contributed by atoms with E-state index in [4.69, 9.17) is 47.9 Å². The van der Waals surface area contributed by atoms with Gasteiger partial charge in [0.15, 0.2) is 0 Å². The van der Waals surface area contributed by atoms with E-state index in [2.05, 4.69) is 5.32 Å². The molecule has 41 heavy (non-hydrogen) atoms. The molecule has 0 fully saturated rings. The number of benzene rings is 3. The van der Waals surface area contributed by atoms with Crippen LogP contribution in [0, 0.1) is 0 Å². The second kappa shape index (κ2) is 15.3. The molecule has 1 unspecified atom stereocenters. The molecule has 0 radical (unpaired) electrons. The largest absolute Gasteiger partial charge is 0.497 e. The first-order valence-corrected chi connectivity index (χ1v) is 13.6. The fraction of sp³-hybridized carbons (Fsp3) is 0.300. The first-order valence-electron chi connectivity index (χ1n) is 12.7. The molecule has 0 aliphatic rings. The van der Waals surface area contributed by atoms with E-state index in [1.54, 1.807) is 14.2 Å². The Balaban J connectivity index is 2.04. The molecule has 0 heterocycles. The Morgan fingerprint density at radius 1 is 0.805 bits per heavy atom. The van der Waals surface area contributed by atoms with Gasteiger partial charge in [0, 0.05) is 12.8 Å². The van der Waals surface area contributed by atoms with Crippen LogP contribution in [0.25, 0.3) is 0 Å². The zero-order valence-electron chi connectivity index (χ0n) is 22.7. The highest BCUT2D eigenvalue weighted by Crippen LogP contribution is 2.41. The highest BCUT2D eigenvalue weighted by atomic mass is 35.5. The van der Waals surface area contributed by atoms with E-state index in [0.29, 0.717) is 11.5 Å². The van der Waals surface area contributed by atoms with Crippen LogP contribution in [0.4, 0.5) is 0 Å². The molecule has 0 aromatic heterocycles. The summed E-state index contributed by atoms with van der Waals surface area (Å²) in [6.07, 6.45) is -1.22. The molecule has 0 bridgehead atoms. The quantitative estimate of drug-likeness (QED) is 0.152. The molecule has 9 nitrogen and oxygen atoms in total. The summed E-state index contributed by atoms with van der Waals surface area (Å²) in [4.78, 5) is 34.3. The Morgan fingerprint density at radius 2 is 1.32 bits per heavy atom. The van der Waals surface area contributed by atoms with Gasteiger partial charge in [-0.1, -0.05) is 77.8 Å². The Labute approximate surface area is 248 Å². The number of carbonyl (C=O) groups is 3. The first kappa shape index (κ1) is 31.7. The number of esters is 1. The molecule has 3 aromatic carbocycles. The van der Waals surface area contributed by atoms with Crippen LogP contribution >= 0.6 is 23.2 Å². The van der Waals surface area contributed by atoms with Crippen molar-refractivity contribution < 1.29 is 33.3 Å². The summed E-state index contributed by atoms with van der Waals surface area (Å²) >= 11 is 11.5. The van der Waals surface area contributed by atoms with Crippen LogP contribution in [0.5, 0.6) is 11.5 Å². The zero-order valence-corrected chi connectivity index (χ0v) is 24.2. The van der Waals surface area contributed by atoms with E-state index in [-0.39, 0.29) is 26.0 Å². The van der Waals surface area contributed by atoms with Crippen molar-refractivity contribution >= 4 is 41.0 Å². The van der Waals surface area contributed by atoms with Crippen molar-refractivity contribution in [2.24, 2.45) is 5.73 Å². The molecule has 3 rings (SSSR count). The van der Waals surface area contributed by atoms with Crippen LogP contribution in [-0.4, -0.2) is 56.1 Å². The van der Waals surface area contributed by atoms with Gasteiger partial charge in [0.2, 0.25) is 16.7 Å². The van der Waals surface area contributed by atoms with Gasteiger partial charge in [-0.3, -0.25) is 9.59 Å². The minimum Gasteiger partial charge on any atom is -0.497 e. The first-order chi connectivity index (χ1) is 19.7. The smallest absolute Gasteiger partial charge is 0.339 e. The molecule has 2 amide bonds. The predicted molar refractivity (Wildman–Crippen MR) is 155 cm³/mol. The van der Waals surface area contributed by atoms with E-state index in [0.717, 1.165) is 16.7 Å². The minimum absolute atomic E-state index is 0.115. The molecular weight excluding hydrogens is 571 g/mol. The highest BCUT2D eigenvalue weighted by molar-refractivity contribution is 6.52. The zero-order chi connectivity index (χ0) is 29.8. The molecule has 0 aliphatic carbocycles. The van der Waals surface area contributed by atoms with Crippen molar-refractivity contribution in [1.82, 2.24) is 5.32 Å². The van der Waals surface area contributed by atoms with Gasteiger partial charge in [0.1, 0.15) is 23.2 Å². The lowest BCUT2D eigenvalue weighted by atomic mass is 9.80. The minimum atomic E-state index is -1.44. The predicted octanol–water partition coefficient (Wildman–Crippen LogP) is 4.11. The summed E-state index contributed by atoms with van der Waals surface area (Å²) in [6.45, 7) is -0.296. The Hall–Kier alpha value is -3.79. The van der Waals surface area contributed by atoms with Gasteiger partial charge in [-0.15, -0.1) is 0 Å². The van der Waals surface area contributed by atoms with Crippen molar-refractivity contribution in [3.63, 3.8) is 0 Å². The maximum absolute atomic E-state index is 12.3. The molecule has 3 N–H and O–H groups in total. The standard InChI is InChI=1S/C30H32Cl2N2O7/c1-38-23-12-8-21(9-13-23)30(20-6-4-3-5-7-20,22-10-14-24(39-2)15-11-22)40-19-25(41-29(37)28(31)32)18-34-27(36)17-16-26(33)35/h3-15,25,28H,16-19H2,1-2H3,(H2,33,35)(H,34,36). The van der Waals surface area contributed by atoms with E-state index in [1.807, 2.05) is 78.9 Å². The molecule has 218 valence electrons. The summed E-state index contributed by atoms with van der Waals surface area (Å²) in [5, 5.41) is 2.64. The van der Waals surface area contributed by atoms with E-state index >= 15 is 0 Å². The molecule has 3 aromatic rings. The number of alkyl halides is 2. The fourth-order valence-electron chi connectivity index (χ4n) is 4.20. The Bertz CT molecular complexity index is 1240. The average Bonchev–Trinajstić information content (AvgIpc) is 2.99. The van der Waals surface area contributed by atoms with Crippen molar-refractivity contribution in [3.05, 3.63) is 95.6 Å². The van der Waals surface area contributed by atoms with Gasteiger partial charge in [-0.05, 0) is 41.0 Å². The van der Waals surface area contributed by atoms with Crippen LogP contribution in [0.1, 0.15) is 29.5 Å². The molecule has 11 heteroatoms. The number of amides is 2. The number of nitrogens with two attached hydrogens (primary N) is 1. The monoisotopic (exact) mass is 602 g/mol. The summed E-state index contributed by atoms with van der Waals surface area (Å²) < 4.78 is 23.0. The van der Waals surface area contributed by atoms with Crippen LogP contribution in [0.15, 0.2) is 78.9 Å². The van der Waals surface area contributed by atoms with Crippen molar-refractivity contribution in [1.29, 1.82) is 0 Å². The van der Waals surface area contributed by atoms with E-state index in [9.17, 15) is 14.4 Å². The number of nitrogens with one attached hydrogen (secondary N) is 1. The van der Waals surface area contributed by atoms with Gasteiger partial charge >= 0.3 is 5.97 Å². The van der Waals surface area contributed by atoms with Crippen molar-refractivity contribution in [3.8, 4) is 11.5 Å². The molecule has 0 saturated carbocycles. The number of primary amides is 1. The third kappa shape index (κ3) is 8.60. The number of methoxy groups -OCH3 is 2. The van der Waals surface area contributed by atoms with Crippen molar-refractivity contribution in [2.75, 3.05) is 27.4 Å². The molecular formula is C30H32Cl2N2O7. The third-order valence-electron chi connectivity index (χ3n) is 6.25. The van der Waals surface area contributed by atoms with Crippen molar-refractivity contribution in [2.45, 2.75) is 29.4 Å². The Kier molecular flexibility index (Phi) is 11.8. The second-order valence-electron chi connectivity index (χ2n) is 8.95. The molecule has 0 saturated heterocycles. The lowest BCUT2D eigenvalue weighted by molar-refractivity contribution is -0.153. The van der Waals surface area contributed by atoms with Gasteiger partial charge < -0.3 is 30.0 Å². The second-order valence-corrected chi connectivity index (χ2v) is 10.0. The Morgan fingerprint density at radius 3 is 1.78 bits per heavy atom. The molecule has 1 atom stereocenters. The molecule has 0 spiro atoms. The van der Waals surface area contributed by atoms with E-state index in [1.165, 1.54) is 0 Å². The number of halogens is 2. The normalized spacial score (nSPS) is 11.9. The number of rotatable bonds is 15. The SMILES string of the molecule is COc1ccc(C(OCC(CNC(=O)CCC(N)=O)OC(=O)C(Cl)Cl)(c2ccccc2)c2ccc(OC)cc2)cc1. The maximum atomic E-state index is 12.3. The number of ether oxygens (including phenoxy) is 4. The average molecular weight is 603 g/mol. The van der Waals surface area contributed by atoms with Crippen LogP contribution in [0.3, 0.4) is 0 Å². The summed E-state index contributed by atoms with van der Waals surface area (Å²) in [5.74, 6) is -0.632. The number of hydrogen-bond donors (Lipinski definition) is 2. The number of hydrogen-bond acceptors (Lipinski definition) is 7. The van der Waals surface area contributed by atoms with Crippen LogP contribution < -0.4 is 20.5 Å². The lowest BCUT2D eigenvalue weighted by Gasteiger charge is -2.37. The van der Waals surface area contributed by atoms with Gasteiger partial charge in [0.05, 0.1) is 27.4 Å².